The lowest BCUT2D eigenvalue weighted by molar-refractivity contribution is -0.118. The summed E-state index contributed by atoms with van der Waals surface area (Å²) in [5, 5.41) is 6.40. The number of thioether (sulfide) groups is 1. The molecule has 0 heterocycles. The molecule has 3 aromatic carbocycles. The van der Waals surface area contributed by atoms with Crippen LogP contribution in [-0.4, -0.2) is 11.7 Å². The number of hydrogen-bond acceptors (Lipinski definition) is 2. The van der Waals surface area contributed by atoms with Gasteiger partial charge in [-0.3, -0.25) is 4.79 Å². The first kappa shape index (κ1) is 17.2. The quantitative estimate of drug-likeness (QED) is 0.591. The van der Waals surface area contributed by atoms with Gasteiger partial charge in [0.05, 0.1) is 5.75 Å². The van der Waals surface area contributed by atoms with Crippen molar-refractivity contribution < 1.29 is 4.79 Å². The number of benzene rings is 3. The number of fused-ring (bicyclic) bond motifs is 1. The lowest BCUT2D eigenvalue weighted by Crippen LogP contribution is -2.24. The van der Waals surface area contributed by atoms with Gasteiger partial charge in [0.1, 0.15) is 0 Å². The van der Waals surface area contributed by atoms with Crippen LogP contribution >= 0.6 is 35.0 Å². The van der Waals surface area contributed by atoms with E-state index in [1.54, 1.807) is 12.1 Å². The second-order valence-corrected chi connectivity index (χ2v) is 7.20. The van der Waals surface area contributed by atoms with E-state index in [2.05, 4.69) is 29.6 Å². The molecule has 0 aliphatic heterocycles. The molecule has 0 aromatic heterocycles. The molecule has 1 N–H and O–H groups in total. The number of carbonyl (C=O) groups is 1. The van der Waals surface area contributed by atoms with Crippen molar-refractivity contribution in [1.29, 1.82) is 0 Å². The summed E-state index contributed by atoms with van der Waals surface area (Å²) in [5.41, 5.74) is 0.852. The zero-order valence-electron chi connectivity index (χ0n) is 12.8. The van der Waals surface area contributed by atoms with Crippen molar-refractivity contribution in [3.05, 3.63) is 76.3 Å². The topological polar surface area (TPSA) is 29.1 Å². The van der Waals surface area contributed by atoms with E-state index < -0.39 is 0 Å². The van der Waals surface area contributed by atoms with Gasteiger partial charge in [-0.25, -0.2) is 0 Å². The molecule has 1 amide bonds. The van der Waals surface area contributed by atoms with Crippen LogP contribution in [0.4, 0.5) is 0 Å². The molecule has 5 heteroatoms. The third kappa shape index (κ3) is 4.44. The molecule has 0 fully saturated rings. The van der Waals surface area contributed by atoms with Crippen LogP contribution in [0.2, 0.25) is 10.0 Å². The fraction of sp³-hybridized carbons (Fsp3) is 0.105. The van der Waals surface area contributed by atoms with Gasteiger partial charge in [0.2, 0.25) is 5.91 Å². The van der Waals surface area contributed by atoms with Crippen LogP contribution in [0.3, 0.4) is 0 Å². The molecule has 0 spiro atoms. The first-order valence-electron chi connectivity index (χ1n) is 7.44. The van der Waals surface area contributed by atoms with E-state index in [-0.39, 0.29) is 5.91 Å². The highest BCUT2D eigenvalue weighted by Gasteiger charge is 2.06. The second kappa shape index (κ2) is 7.93. The minimum absolute atomic E-state index is 0.0285. The van der Waals surface area contributed by atoms with E-state index in [1.165, 1.54) is 22.5 Å². The Morgan fingerprint density at radius 2 is 1.75 bits per heavy atom. The van der Waals surface area contributed by atoms with Crippen molar-refractivity contribution in [1.82, 2.24) is 5.32 Å². The fourth-order valence-corrected chi connectivity index (χ4v) is 3.57. The largest absolute Gasteiger partial charge is 0.351 e. The number of hydrogen-bond donors (Lipinski definition) is 1. The number of halogens is 2. The van der Waals surface area contributed by atoms with Gasteiger partial charge in [-0.05, 0) is 40.6 Å². The Balaban J connectivity index is 1.54. The van der Waals surface area contributed by atoms with Crippen molar-refractivity contribution in [2.24, 2.45) is 0 Å². The molecule has 0 saturated heterocycles. The van der Waals surface area contributed by atoms with E-state index >= 15 is 0 Å². The first-order chi connectivity index (χ1) is 11.6. The van der Waals surface area contributed by atoms with Crippen molar-refractivity contribution in [3.8, 4) is 0 Å². The Kier molecular flexibility index (Phi) is 5.67. The molecule has 0 unspecified atom stereocenters. The Bertz CT molecular complexity index is 882. The van der Waals surface area contributed by atoms with Crippen LogP contribution in [0.25, 0.3) is 10.8 Å². The molecular weight excluding hydrogens is 361 g/mol. The van der Waals surface area contributed by atoms with Crippen LogP contribution in [-0.2, 0) is 11.3 Å². The summed E-state index contributed by atoms with van der Waals surface area (Å²) < 4.78 is 0. The predicted molar refractivity (Wildman–Crippen MR) is 103 cm³/mol. The van der Waals surface area contributed by atoms with Crippen LogP contribution in [0.1, 0.15) is 5.56 Å². The van der Waals surface area contributed by atoms with Gasteiger partial charge in [0.25, 0.3) is 0 Å². The van der Waals surface area contributed by atoms with Crippen molar-refractivity contribution in [3.63, 3.8) is 0 Å². The third-order valence-corrected chi connectivity index (χ3v) is 5.16. The molecule has 0 atom stereocenters. The summed E-state index contributed by atoms with van der Waals surface area (Å²) in [6.07, 6.45) is 0. The van der Waals surface area contributed by atoms with E-state index in [1.807, 2.05) is 24.3 Å². The van der Waals surface area contributed by atoms with Gasteiger partial charge in [0.15, 0.2) is 0 Å². The molecule has 0 bridgehead atoms. The lowest BCUT2D eigenvalue weighted by Gasteiger charge is -2.08. The molecule has 0 aliphatic carbocycles. The fourth-order valence-electron chi connectivity index (χ4n) is 2.32. The van der Waals surface area contributed by atoms with E-state index in [4.69, 9.17) is 23.2 Å². The summed E-state index contributed by atoms with van der Waals surface area (Å²) in [5.74, 6) is 0.336. The molecule has 3 rings (SSSR count). The number of amides is 1. The maximum Gasteiger partial charge on any atom is 0.230 e. The average molecular weight is 376 g/mol. The Labute approximate surface area is 155 Å². The van der Waals surface area contributed by atoms with Crippen LogP contribution in [0.5, 0.6) is 0 Å². The summed E-state index contributed by atoms with van der Waals surface area (Å²) in [6, 6.07) is 19.6. The maximum atomic E-state index is 12.0. The third-order valence-electron chi connectivity index (χ3n) is 3.58. The minimum Gasteiger partial charge on any atom is -0.351 e. The highest BCUT2D eigenvalue weighted by atomic mass is 35.5. The number of nitrogens with one attached hydrogen (secondary N) is 1. The molecule has 3 aromatic rings. The summed E-state index contributed by atoms with van der Waals surface area (Å²) in [6.45, 7) is 0.396. The zero-order valence-corrected chi connectivity index (χ0v) is 15.1. The van der Waals surface area contributed by atoms with Gasteiger partial charge in [0, 0.05) is 21.5 Å². The van der Waals surface area contributed by atoms with E-state index in [9.17, 15) is 4.79 Å². The molecule has 0 aliphatic rings. The van der Waals surface area contributed by atoms with Gasteiger partial charge in [-0.2, -0.15) is 0 Å². The summed E-state index contributed by atoms with van der Waals surface area (Å²) in [7, 11) is 0. The molecule has 0 saturated carbocycles. The highest BCUT2D eigenvalue weighted by molar-refractivity contribution is 8.00. The van der Waals surface area contributed by atoms with Gasteiger partial charge in [-0.1, -0.05) is 59.6 Å². The van der Waals surface area contributed by atoms with Gasteiger partial charge >= 0.3 is 0 Å². The van der Waals surface area contributed by atoms with Crippen LogP contribution in [0, 0.1) is 0 Å². The number of rotatable bonds is 5. The maximum absolute atomic E-state index is 12.0. The lowest BCUT2D eigenvalue weighted by atomic mass is 10.1. The Morgan fingerprint density at radius 3 is 2.54 bits per heavy atom. The van der Waals surface area contributed by atoms with Gasteiger partial charge in [-0.15, -0.1) is 11.8 Å². The predicted octanol–water partition coefficient (Wildman–Crippen LogP) is 5.56. The van der Waals surface area contributed by atoms with Crippen molar-refractivity contribution >= 4 is 51.6 Å². The SMILES string of the molecule is O=C(CSc1ccc2ccccc2c1)NCc1ccc(Cl)cc1Cl. The van der Waals surface area contributed by atoms with E-state index in [0.717, 1.165) is 10.5 Å². The standard InChI is InChI=1S/C19H15Cl2NOS/c20-16-7-5-15(18(21)10-16)11-22-19(23)12-24-17-8-6-13-3-1-2-4-14(13)9-17/h1-10H,11-12H2,(H,22,23). The highest BCUT2D eigenvalue weighted by Crippen LogP contribution is 2.24. The van der Waals surface area contributed by atoms with E-state index in [0.29, 0.717) is 22.3 Å². The Morgan fingerprint density at radius 1 is 0.958 bits per heavy atom. The molecule has 122 valence electrons. The molecular formula is C19H15Cl2NOS. The normalized spacial score (nSPS) is 10.8. The number of carbonyl (C=O) groups excluding carboxylic acids is 1. The van der Waals surface area contributed by atoms with Crippen molar-refractivity contribution in [2.75, 3.05) is 5.75 Å². The molecule has 0 radical (unpaired) electrons. The van der Waals surface area contributed by atoms with Crippen LogP contribution in [0.15, 0.2) is 65.6 Å². The zero-order chi connectivity index (χ0) is 16.9. The minimum atomic E-state index is -0.0285. The first-order valence-corrected chi connectivity index (χ1v) is 9.18. The Hall–Kier alpha value is -1.68. The van der Waals surface area contributed by atoms with Gasteiger partial charge < -0.3 is 5.32 Å². The summed E-state index contributed by atoms with van der Waals surface area (Å²) in [4.78, 5) is 13.1. The van der Waals surface area contributed by atoms with Crippen molar-refractivity contribution in [2.45, 2.75) is 11.4 Å². The molecule has 24 heavy (non-hydrogen) atoms. The monoisotopic (exact) mass is 375 g/mol. The smallest absolute Gasteiger partial charge is 0.230 e. The summed E-state index contributed by atoms with van der Waals surface area (Å²) >= 11 is 13.5. The average Bonchev–Trinajstić information content (AvgIpc) is 2.59. The second-order valence-electron chi connectivity index (χ2n) is 5.31. The van der Waals surface area contributed by atoms with Crippen LogP contribution < -0.4 is 5.32 Å². The molecule has 2 nitrogen and oxygen atoms in total.